The van der Waals surface area contributed by atoms with Crippen LogP contribution in [0.4, 0.5) is 18.9 Å². The number of para-hydroxylation sites is 1. The number of aromatic nitrogens is 1. The minimum atomic E-state index is -4.68. The van der Waals surface area contributed by atoms with Gasteiger partial charge < -0.3 is 14.5 Å². The Labute approximate surface area is 181 Å². The summed E-state index contributed by atoms with van der Waals surface area (Å²) in [5.41, 5.74) is 0.323. The molecule has 0 fully saturated rings. The number of hydrogen-bond acceptors (Lipinski definition) is 3. The number of fused-ring (bicyclic) bond motifs is 1. The predicted molar refractivity (Wildman–Crippen MR) is 114 cm³/mol. The number of benzene rings is 2. The van der Waals surface area contributed by atoms with Crippen molar-refractivity contribution in [1.29, 1.82) is 0 Å². The Morgan fingerprint density at radius 3 is 2.31 bits per heavy atom. The second kappa shape index (κ2) is 8.22. The SMILES string of the molecule is COc1ccc(-c2cc3ccccn3c2C(=O)C(=O)Nc2ccccc2C(F)(F)F)cc1. The van der Waals surface area contributed by atoms with Crippen LogP contribution in [-0.4, -0.2) is 23.2 Å². The third-order valence-corrected chi connectivity index (χ3v) is 4.98. The third kappa shape index (κ3) is 3.94. The van der Waals surface area contributed by atoms with Crippen molar-refractivity contribution in [2.24, 2.45) is 0 Å². The summed E-state index contributed by atoms with van der Waals surface area (Å²) in [5.74, 6) is -1.51. The summed E-state index contributed by atoms with van der Waals surface area (Å²) in [6.07, 6.45) is -3.06. The molecule has 0 atom stereocenters. The van der Waals surface area contributed by atoms with Crippen LogP contribution < -0.4 is 10.1 Å². The van der Waals surface area contributed by atoms with Crippen LogP contribution in [-0.2, 0) is 11.0 Å². The van der Waals surface area contributed by atoms with E-state index in [1.807, 2.05) is 0 Å². The molecular weight excluding hydrogens is 421 g/mol. The number of nitrogens with zero attached hydrogens (tertiary/aromatic N) is 1. The van der Waals surface area contributed by atoms with Gasteiger partial charge in [0.2, 0.25) is 0 Å². The van der Waals surface area contributed by atoms with Gasteiger partial charge in [-0.05, 0) is 48.0 Å². The Morgan fingerprint density at radius 1 is 0.938 bits per heavy atom. The molecule has 2 heterocycles. The number of methoxy groups -OCH3 is 1. The van der Waals surface area contributed by atoms with Crippen molar-refractivity contribution in [1.82, 2.24) is 4.40 Å². The van der Waals surface area contributed by atoms with Gasteiger partial charge in [0.15, 0.2) is 0 Å². The smallest absolute Gasteiger partial charge is 0.418 e. The first-order valence-corrected chi connectivity index (χ1v) is 9.56. The van der Waals surface area contributed by atoms with Gasteiger partial charge in [0, 0.05) is 17.3 Å². The average Bonchev–Trinajstić information content (AvgIpc) is 3.17. The molecule has 32 heavy (non-hydrogen) atoms. The quantitative estimate of drug-likeness (QED) is 0.333. The lowest BCUT2D eigenvalue weighted by molar-refractivity contribution is -0.137. The molecule has 0 bridgehead atoms. The number of hydrogen-bond donors (Lipinski definition) is 1. The molecule has 0 unspecified atom stereocenters. The number of carbonyl (C=O) groups excluding carboxylic acids is 2. The molecule has 0 aliphatic rings. The highest BCUT2D eigenvalue weighted by Gasteiger charge is 2.34. The minimum absolute atomic E-state index is 0.0488. The van der Waals surface area contributed by atoms with E-state index in [0.29, 0.717) is 22.4 Å². The van der Waals surface area contributed by atoms with Gasteiger partial charge in [-0.15, -0.1) is 0 Å². The summed E-state index contributed by atoms with van der Waals surface area (Å²) in [4.78, 5) is 25.9. The topological polar surface area (TPSA) is 59.8 Å². The fourth-order valence-electron chi connectivity index (χ4n) is 3.47. The molecule has 2 aromatic carbocycles. The van der Waals surface area contributed by atoms with E-state index >= 15 is 0 Å². The Hall–Kier alpha value is -4.07. The molecular formula is C24H17F3N2O3. The van der Waals surface area contributed by atoms with Crippen LogP contribution in [0.5, 0.6) is 5.75 Å². The number of rotatable bonds is 5. The highest BCUT2D eigenvalue weighted by molar-refractivity contribution is 6.47. The highest BCUT2D eigenvalue weighted by atomic mass is 19.4. The zero-order valence-corrected chi connectivity index (χ0v) is 16.8. The molecule has 1 amide bonds. The minimum Gasteiger partial charge on any atom is -0.497 e. The Kier molecular flexibility index (Phi) is 5.44. The summed E-state index contributed by atoms with van der Waals surface area (Å²) in [6.45, 7) is 0. The maximum absolute atomic E-state index is 13.3. The van der Waals surface area contributed by atoms with Crippen molar-refractivity contribution < 1.29 is 27.5 Å². The first kappa shape index (κ1) is 21.2. The van der Waals surface area contributed by atoms with Gasteiger partial charge in [-0.3, -0.25) is 9.59 Å². The largest absolute Gasteiger partial charge is 0.497 e. The lowest BCUT2D eigenvalue weighted by Crippen LogP contribution is -2.26. The number of nitrogens with one attached hydrogen (secondary N) is 1. The number of Topliss-reactive ketones (excluding diaryl/α,β-unsaturated/α-hetero) is 1. The molecule has 1 N–H and O–H groups in total. The van der Waals surface area contributed by atoms with Crippen LogP contribution in [0.1, 0.15) is 16.1 Å². The number of carbonyl (C=O) groups is 2. The van der Waals surface area contributed by atoms with Gasteiger partial charge in [-0.1, -0.05) is 30.3 Å². The monoisotopic (exact) mass is 438 g/mol. The number of halogens is 3. The summed E-state index contributed by atoms with van der Waals surface area (Å²) in [7, 11) is 1.53. The molecule has 0 saturated heterocycles. The average molecular weight is 438 g/mol. The first-order chi connectivity index (χ1) is 15.3. The van der Waals surface area contributed by atoms with Gasteiger partial charge >= 0.3 is 6.18 Å². The fraction of sp³-hybridized carbons (Fsp3) is 0.0833. The van der Waals surface area contributed by atoms with Gasteiger partial charge in [0.05, 0.1) is 18.4 Å². The molecule has 0 saturated carbocycles. The van der Waals surface area contributed by atoms with Crippen molar-refractivity contribution in [3.63, 3.8) is 0 Å². The molecule has 0 spiro atoms. The summed E-state index contributed by atoms with van der Waals surface area (Å²) < 4.78 is 46.5. The second-order valence-electron chi connectivity index (χ2n) is 6.96. The molecule has 162 valence electrons. The van der Waals surface area contributed by atoms with Gasteiger partial charge in [-0.25, -0.2) is 0 Å². The van der Waals surface area contributed by atoms with Crippen molar-refractivity contribution in [3.05, 3.63) is 90.3 Å². The molecule has 2 aromatic heterocycles. The Balaban J connectivity index is 1.76. The van der Waals surface area contributed by atoms with E-state index in [1.165, 1.54) is 23.6 Å². The Morgan fingerprint density at radius 2 is 1.62 bits per heavy atom. The van der Waals surface area contributed by atoms with Crippen molar-refractivity contribution in [2.45, 2.75) is 6.18 Å². The van der Waals surface area contributed by atoms with Crippen LogP contribution >= 0.6 is 0 Å². The fourth-order valence-corrected chi connectivity index (χ4v) is 3.47. The van der Waals surface area contributed by atoms with E-state index in [1.54, 1.807) is 54.7 Å². The van der Waals surface area contributed by atoms with Crippen LogP contribution in [0.15, 0.2) is 79.0 Å². The maximum atomic E-state index is 13.3. The number of ketones is 1. The van der Waals surface area contributed by atoms with Crippen LogP contribution in [0, 0.1) is 0 Å². The van der Waals surface area contributed by atoms with E-state index < -0.39 is 29.1 Å². The number of ether oxygens (including phenoxy) is 1. The van der Waals surface area contributed by atoms with Gasteiger partial charge in [0.1, 0.15) is 11.4 Å². The Bertz CT molecular complexity index is 1310. The van der Waals surface area contributed by atoms with E-state index in [2.05, 4.69) is 5.32 Å². The number of anilines is 1. The molecule has 0 radical (unpaired) electrons. The molecule has 0 aliphatic carbocycles. The normalized spacial score (nSPS) is 11.4. The number of amides is 1. The standard InChI is InChI=1S/C24H17F3N2O3/c1-32-17-11-9-15(10-12-17)18-14-16-6-4-5-13-29(16)21(18)22(30)23(31)28-20-8-3-2-7-19(20)24(25,26)27/h2-14H,1H3,(H,28,31). The summed E-state index contributed by atoms with van der Waals surface area (Å²) >= 11 is 0. The van der Waals surface area contributed by atoms with Crippen LogP contribution in [0.3, 0.4) is 0 Å². The highest BCUT2D eigenvalue weighted by Crippen LogP contribution is 2.35. The second-order valence-corrected chi connectivity index (χ2v) is 6.96. The van der Waals surface area contributed by atoms with Crippen LogP contribution in [0.25, 0.3) is 16.6 Å². The molecule has 4 rings (SSSR count). The van der Waals surface area contributed by atoms with E-state index in [0.717, 1.165) is 12.1 Å². The zero-order valence-electron chi connectivity index (χ0n) is 16.8. The number of pyridine rings is 1. The zero-order chi connectivity index (χ0) is 22.9. The molecule has 0 aliphatic heterocycles. The van der Waals surface area contributed by atoms with Crippen molar-refractivity contribution >= 4 is 22.9 Å². The maximum Gasteiger partial charge on any atom is 0.418 e. The molecule has 4 aromatic rings. The van der Waals surface area contributed by atoms with Crippen LogP contribution in [0.2, 0.25) is 0 Å². The summed E-state index contributed by atoms with van der Waals surface area (Å²) in [5, 5.41) is 2.12. The molecule has 5 nitrogen and oxygen atoms in total. The lowest BCUT2D eigenvalue weighted by atomic mass is 10.0. The van der Waals surface area contributed by atoms with Gasteiger partial charge in [-0.2, -0.15) is 13.2 Å². The van der Waals surface area contributed by atoms with E-state index in [4.69, 9.17) is 4.74 Å². The van der Waals surface area contributed by atoms with Crippen molar-refractivity contribution in [2.75, 3.05) is 12.4 Å². The molecule has 8 heteroatoms. The summed E-state index contributed by atoms with van der Waals surface area (Å²) in [6, 6.07) is 18.4. The lowest BCUT2D eigenvalue weighted by Gasteiger charge is -2.13. The first-order valence-electron chi connectivity index (χ1n) is 9.56. The predicted octanol–water partition coefficient (Wildman–Crippen LogP) is 5.46. The van der Waals surface area contributed by atoms with E-state index in [-0.39, 0.29) is 5.69 Å². The van der Waals surface area contributed by atoms with Gasteiger partial charge in [0.25, 0.3) is 11.7 Å². The van der Waals surface area contributed by atoms with E-state index in [9.17, 15) is 22.8 Å². The third-order valence-electron chi connectivity index (χ3n) is 4.98. The number of alkyl halides is 3. The van der Waals surface area contributed by atoms with Crippen molar-refractivity contribution in [3.8, 4) is 16.9 Å².